The second-order valence-corrected chi connectivity index (χ2v) is 6.28. The molecule has 0 bridgehead atoms. The highest BCUT2D eigenvalue weighted by atomic mass is 32.2. The molecule has 16 heavy (non-hydrogen) atoms. The van der Waals surface area contributed by atoms with Gasteiger partial charge in [-0.1, -0.05) is 13.8 Å². The summed E-state index contributed by atoms with van der Waals surface area (Å²) in [5.41, 5.74) is 5.51. The van der Waals surface area contributed by atoms with Crippen LogP contribution < -0.4 is 5.73 Å². The molecule has 1 aliphatic rings. The van der Waals surface area contributed by atoms with Crippen molar-refractivity contribution in [2.75, 3.05) is 26.2 Å². The van der Waals surface area contributed by atoms with E-state index in [2.05, 4.69) is 0 Å². The summed E-state index contributed by atoms with van der Waals surface area (Å²) in [5.74, 6) is 0. The monoisotopic (exact) mass is 250 g/mol. The quantitative estimate of drug-likeness (QED) is 0.754. The second kappa shape index (κ2) is 5.95. The van der Waals surface area contributed by atoms with Crippen molar-refractivity contribution in [3.05, 3.63) is 0 Å². The molecule has 0 saturated carbocycles. The molecule has 2 atom stereocenters. The maximum atomic E-state index is 12.2. The van der Waals surface area contributed by atoms with E-state index in [0.717, 1.165) is 6.42 Å². The summed E-state index contributed by atoms with van der Waals surface area (Å²) >= 11 is 0. The van der Waals surface area contributed by atoms with Crippen LogP contribution in [-0.2, 0) is 14.8 Å². The van der Waals surface area contributed by atoms with Crippen LogP contribution in [0.3, 0.4) is 0 Å². The van der Waals surface area contributed by atoms with Gasteiger partial charge in [0.1, 0.15) is 0 Å². The summed E-state index contributed by atoms with van der Waals surface area (Å²) < 4.78 is 31.4. The third kappa shape index (κ3) is 2.94. The van der Waals surface area contributed by atoms with E-state index in [9.17, 15) is 8.42 Å². The minimum absolute atomic E-state index is 0.0267. The van der Waals surface area contributed by atoms with Crippen LogP contribution in [0.5, 0.6) is 0 Å². The van der Waals surface area contributed by atoms with Crippen LogP contribution in [0.25, 0.3) is 0 Å². The Bertz CT molecular complexity index is 301. The summed E-state index contributed by atoms with van der Waals surface area (Å²) in [4.78, 5) is 0. The number of sulfonamides is 1. The number of morpholine rings is 1. The van der Waals surface area contributed by atoms with Crippen LogP contribution in [0.1, 0.15) is 26.7 Å². The maximum absolute atomic E-state index is 12.2. The van der Waals surface area contributed by atoms with Gasteiger partial charge in [-0.15, -0.1) is 0 Å². The van der Waals surface area contributed by atoms with Gasteiger partial charge >= 0.3 is 0 Å². The van der Waals surface area contributed by atoms with E-state index in [-0.39, 0.29) is 12.6 Å². The Labute approximate surface area is 98.0 Å². The number of nitrogens with zero attached hydrogens (tertiary/aromatic N) is 1. The van der Waals surface area contributed by atoms with Gasteiger partial charge in [0.05, 0.1) is 18.0 Å². The molecule has 2 N–H and O–H groups in total. The number of ether oxygens (including phenoxy) is 1. The highest BCUT2D eigenvalue weighted by Crippen LogP contribution is 2.17. The Morgan fingerprint density at radius 1 is 1.50 bits per heavy atom. The highest BCUT2D eigenvalue weighted by Gasteiger charge is 2.33. The first-order chi connectivity index (χ1) is 7.56. The lowest BCUT2D eigenvalue weighted by Gasteiger charge is -2.33. The minimum Gasteiger partial charge on any atom is -0.375 e. The first-order valence-electron chi connectivity index (χ1n) is 5.86. The van der Waals surface area contributed by atoms with Crippen LogP contribution in [0.4, 0.5) is 0 Å². The van der Waals surface area contributed by atoms with Gasteiger partial charge in [-0.3, -0.25) is 0 Å². The van der Waals surface area contributed by atoms with Crippen molar-refractivity contribution >= 4 is 10.0 Å². The molecule has 1 rings (SSSR count). The fourth-order valence-electron chi connectivity index (χ4n) is 1.88. The summed E-state index contributed by atoms with van der Waals surface area (Å²) in [6, 6.07) is 0. The van der Waals surface area contributed by atoms with Gasteiger partial charge < -0.3 is 10.5 Å². The smallest absolute Gasteiger partial charge is 0.218 e. The van der Waals surface area contributed by atoms with Crippen molar-refractivity contribution in [3.8, 4) is 0 Å². The predicted molar refractivity (Wildman–Crippen MR) is 63.7 cm³/mol. The van der Waals surface area contributed by atoms with Crippen molar-refractivity contribution in [3.63, 3.8) is 0 Å². The molecule has 1 fully saturated rings. The van der Waals surface area contributed by atoms with Crippen molar-refractivity contribution in [2.24, 2.45) is 5.73 Å². The Morgan fingerprint density at radius 3 is 2.69 bits per heavy atom. The molecule has 96 valence electrons. The first kappa shape index (κ1) is 13.9. The Morgan fingerprint density at radius 2 is 2.19 bits per heavy atom. The SMILES string of the molecule is CCC1CN(S(=O)(=O)C(CC)CN)CCO1. The fraction of sp³-hybridized carbons (Fsp3) is 1.00. The zero-order valence-electron chi connectivity index (χ0n) is 10.1. The van der Waals surface area contributed by atoms with E-state index >= 15 is 0 Å². The molecular weight excluding hydrogens is 228 g/mol. The van der Waals surface area contributed by atoms with Crippen molar-refractivity contribution in [2.45, 2.75) is 38.0 Å². The van der Waals surface area contributed by atoms with Gasteiger partial charge in [-0.2, -0.15) is 4.31 Å². The molecule has 1 aliphatic heterocycles. The molecule has 1 heterocycles. The molecule has 0 radical (unpaired) electrons. The van der Waals surface area contributed by atoms with E-state index in [1.165, 1.54) is 4.31 Å². The lowest BCUT2D eigenvalue weighted by molar-refractivity contribution is -0.00304. The van der Waals surface area contributed by atoms with Gasteiger partial charge in [0, 0.05) is 19.6 Å². The van der Waals surface area contributed by atoms with Crippen LogP contribution >= 0.6 is 0 Å². The number of nitrogens with two attached hydrogens (primary N) is 1. The molecule has 6 heteroatoms. The molecule has 0 spiro atoms. The molecule has 5 nitrogen and oxygen atoms in total. The van der Waals surface area contributed by atoms with Gasteiger partial charge in [-0.05, 0) is 12.8 Å². The Hall–Kier alpha value is -0.170. The van der Waals surface area contributed by atoms with E-state index in [4.69, 9.17) is 10.5 Å². The maximum Gasteiger partial charge on any atom is 0.218 e. The molecule has 0 amide bonds. The van der Waals surface area contributed by atoms with Gasteiger partial charge in [0.15, 0.2) is 0 Å². The predicted octanol–water partition coefficient (Wildman–Crippen LogP) is 0.164. The summed E-state index contributed by atoms with van der Waals surface area (Å²) in [6.07, 6.45) is 1.43. The molecule has 1 saturated heterocycles. The van der Waals surface area contributed by atoms with E-state index in [1.807, 2.05) is 13.8 Å². The number of hydrogen-bond acceptors (Lipinski definition) is 4. The average Bonchev–Trinajstić information content (AvgIpc) is 2.30. The third-order valence-corrected chi connectivity index (χ3v) is 5.48. The second-order valence-electron chi connectivity index (χ2n) is 4.07. The van der Waals surface area contributed by atoms with Crippen molar-refractivity contribution in [1.82, 2.24) is 4.31 Å². The zero-order chi connectivity index (χ0) is 12.2. The van der Waals surface area contributed by atoms with Crippen molar-refractivity contribution in [1.29, 1.82) is 0 Å². The number of rotatable bonds is 5. The third-order valence-electron chi connectivity index (χ3n) is 3.06. The standard InChI is InChI=1S/C10H22N2O3S/c1-3-9-8-12(5-6-15-9)16(13,14)10(4-2)7-11/h9-10H,3-8,11H2,1-2H3. The van der Waals surface area contributed by atoms with Gasteiger partial charge in [-0.25, -0.2) is 8.42 Å². The lowest BCUT2D eigenvalue weighted by atomic mass is 10.2. The topological polar surface area (TPSA) is 72.6 Å². The van der Waals surface area contributed by atoms with Crippen LogP contribution in [-0.4, -0.2) is 50.3 Å². The molecule has 0 aliphatic carbocycles. The van der Waals surface area contributed by atoms with Gasteiger partial charge in [0.2, 0.25) is 10.0 Å². The number of hydrogen-bond donors (Lipinski definition) is 1. The summed E-state index contributed by atoms with van der Waals surface area (Å²) in [5, 5.41) is -0.455. The average molecular weight is 250 g/mol. The van der Waals surface area contributed by atoms with E-state index in [0.29, 0.717) is 26.1 Å². The van der Waals surface area contributed by atoms with E-state index < -0.39 is 15.3 Å². The van der Waals surface area contributed by atoms with Crippen LogP contribution in [0.15, 0.2) is 0 Å². The minimum atomic E-state index is -3.24. The molecule has 2 unspecified atom stereocenters. The van der Waals surface area contributed by atoms with E-state index in [1.54, 1.807) is 0 Å². The van der Waals surface area contributed by atoms with Gasteiger partial charge in [0.25, 0.3) is 0 Å². The summed E-state index contributed by atoms with van der Waals surface area (Å²) in [6.45, 7) is 5.45. The Kier molecular flexibility index (Phi) is 5.17. The first-order valence-corrected chi connectivity index (χ1v) is 7.37. The van der Waals surface area contributed by atoms with Crippen LogP contribution in [0.2, 0.25) is 0 Å². The molecule has 0 aromatic rings. The normalized spacial score (nSPS) is 25.6. The summed E-state index contributed by atoms with van der Waals surface area (Å²) in [7, 11) is -3.24. The van der Waals surface area contributed by atoms with Crippen molar-refractivity contribution < 1.29 is 13.2 Å². The Balaban J connectivity index is 2.75. The molecule has 0 aromatic heterocycles. The zero-order valence-corrected chi connectivity index (χ0v) is 10.9. The van der Waals surface area contributed by atoms with Crippen LogP contribution in [0, 0.1) is 0 Å². The highest BCUT2D eigenvalue weighted by molar-refractivity contribution is 7.89. The fourth-order valence-corrected chi connectivity index (χ4v) is 3.67. The lowest BCUT2D eigenvalue weighted by Crippen LogP contribution is -2.50. The largest absolute Gasteiger partial charge is 0.375 e. The molecule has 0 aromatic carbocycles. The molecular formula is C10H22N2O3S.